The lowest BCUT2D eigenvalue weighted by atomic mass is 9.95. The summed E-state index contributed by atoms with van der Waals surface area (Å²) in [6, 6.07) is 6.97. The van der Waals surface area contributed by atoms with Gasteiger partial charge < -0.3 is 10.1 Å². The van der Waals surface area contributed by atoms with Crippen LogP contribution in [0.1, 0.15) is 44.7 Å². The van der Waals surface area contributed by atoms with Crippen LogP contribution in [0.2, 0.25) is 0 Å². The molecule has 1 aromatic carbocycles. The maximum atomic E-state index is 12.0. The molecule has 1 amide bonds. The molecule has 2 N–H and O–H groups in total. The molecule has 0 aromatic heterocycles. The van der Waals surface area contributed by atoms with Crippen molar-refractivity contribution in [1.82, 2.24) is 5.32 Å². The summed E-state index contributed by atoms with van der Waals surface area (Å²) in [4.78, 5) is 12.0. The predicted octanol–water partition coefficient (Wildman–Crippen LogP) is 2.50. The number of benzene rings is 1. The molecule has 0 heterocycles. The molecule has 1 aromatic rings. The van der Waals surface area contributed by atoms with Crippen LogP contribution in [0.5, 0.6) is 0 Å². The zero-order chi connectivity index (χ0) is 17.4. The highest BCUT2D eigenvalue weighted by Crippen LogP contribution is 2.38. The first kappa shape index (κ1) is 17.7. The van der Waals surface area contributed by atoms with Gasteiger partial charge in [0.15, 0.2) is 0 Å². The first-order chi connectivity index (χ1) is 10.5. The monoisotopic (exact) mass is 341 g/mol. The molecule has 6 nitrogen and oxygen atoms in total. The summed E-state index contributed by atoms with van der Waals surface area (Å²) in [6.07, 6.45) is -0.0946. The Morgan fingerprint density at radius 3 is 2.52 bits per heavy atom. The molecule has 0 saturated carbocycles. The highest BCUT2D eigenvalue weighted by atomic mass is 32.2. The van der Waals surface area contributed by atoms with Gasteiger partial charge in [-0.25, -0.2) is 4.79 Å². The van der Waals surface area contributed by atoms with Crippen molar-refractivity contribution in [2.24, 2.45) is 0 Å². The highest BCUT2D eigenvalue weighted by Gasteiger charge is 2.41. The van der Waals surface area contributed by atoms with Gasteiger partial charge in [-0.3, -0.25) is 4.55 Å². The topological polar surface area (TPSA) is 92.7 Å². The quantitative estimate of drug-likeness (QED) is 0.824. The molecule has 1 aliphatic carbocycles. The first-order valence-electron chi connectivity index (χ1n) is 7.52. The van der Waals surface area contributed by atoms with E-state index in [4.69, 9.17) is 4.74 Å². The smallest absolute Gasteiger partial charge is 0.407 e. The molecule has 0 fully saturated rings. The average molecular weight is 341 g/mol. The van der Waals surface area contributed by atoms with E-state index in [1.165, 1.54) is 6.92 Å². The zero-order valence-corrected chi connectivity index (χ0v) is 14.6. The summed E-state index contributed by atoms with van der Waals surface area (Å²) < 4.78 is 37.9. The average Bonchev–Trinajstić information content (AvgIpc) is 2.71. The zero-order valence-electron chi connectivity index (χ0n) is 13.7. The molecule has 1 aliphatic rings. The molecule has 3 atom stereocenters. The minimum atomic E-state index is -4.22. The van der Waals surface area contributed by atoms with Crippen molar-refractivity contribution in [2.45, 2.75) is 56.9 Å². The SMILES string of the molecule is CC([C@@H]1c2ccccc2C[C@H]1NC(=O)OC(C)(C)C)S(=O)(=O)O. The Morgan fingerprint density at radius 1 is 1.35 bits per heavy atom. The van der Waals surface area contributed by atoms with Gasteiger partial charge in [0.2, 0.25) is 0 Å². The van der Waals surface area contributed by atoms with Crippen LogP contribution in [-0.4, -0.2) is 36.0 Å². The van der Waals surface area contributed by atoms with E-state index in [-0.39, 0.29) is 0 Å². The van der Waals surface area contributed by atoms with E-state index in [2.05, 4.69) is 5.32 Å². The van der Waals surface area contributed by atoms with Crippen LogP contribution in [0.3, 0.4) is 0 Å². The molecule has 0 saturated heterocycles. The molecule has 1 unspecified atom stereocenters. The number of fused-ring (bicyclic) bond motifs is 1. The van der Waals surface area contributed by atoms with Crippen molar-refractivity contribution in [3.8, 4) is 0 Å². The van der Waals surface area contributed by atoms with Crippen molar-refractivity contribution in [3.05, 3.63) is 35.4 Å². The van der Waals surface area contributed by atoms with E-state index < -0.39 is 39.0 Å². The van der Waals surface area contributed by atoms with E-state index in [1.807, 2.05) is 24.3 Å². The van der Waals surface area contributed by atoms with Gasteiger partial charge in [-0.1, -0.05) is 24.3 Å². The fourth-order valence-corrected chi connectivity index (χ4v) is 3.70. The third-order valence-corrected chi connectivity index (χ3v) is 5.20. The summed E-state index contributed by atoms with van der Waals surface area (Å²) in [6.45, 7) is 6.72. The lowest BCUT2D eigenvalue weighted by Gasteiger charge is -2.27. The Balaban J connectivity index is 2.27. The maximum Gasteiger partial charge on any atom is 0.407 e. The van der Waals surface area contributed by atoms with E-state index in [0.29, 0.717) is 6.42 Å². The van der Waals surface area contributed by atoms with Gasteiger partial charge in [0.25, 0.3) is 10.1 Å². The standard InChI is InChI=1S/C16H23NO5S/c1-10(23(19,20)21)14-12-8-6-5-7-11(12)9-13(14)17-15(18)22-16(2,3)4/h5-8,10,13-14H,9H2,1-4H3,(H,17,18)(H,19,20,21)/t10?,13-,14-/m1/s1. The Kier molecular flexibility index (Phi) is 4.73. The van der Waals surface area contributed by atoms with Crippen LogP contribution in [-0.2, 0) is 21.3 Å². The Labute approximate surface area is 137 Å². The second kappa shape index (κ2) is 6.13. The van der Waals surface area contributed by atoms with Gasteiger partial charge in [0.1, 0.15) is 5.60 Å². The van der Waals surface area contributed by atoms with Crippen LogP contribution >= 0.6 is 0 Å². The van der Waals surface area contributed by atoms with E-state index in [9.17, 15) is 17.8 Å². The van der Waals surface area contributed by atoms with Gasteiger partial charge in [-0.2, -0.15) is 8.42 Å². The fourth-order valence-electron chi connectivity index (χ4n) is 2.99. The second-order valence-corrected chi connectivity index (χ2v) is 8.68. The van der Waals surface area contributed by atoms with Crippen LogP contribution in [0, 0.1) is 0 Å². The minimum Gasteiger partial charge on any atom is -0.444 e. The Morgan fingerprint density at radius 2 is 1.96 bits per heavy atom. The predicted molar refractivity (Wildman–Crippen MR) is 87.1 cm³/mol. The fraction of sp³-hybridized carbons (Fsp3) is 0.562. The number of hydrogen-bond acceptors (Lipinski definition) is 4. The van der Waals surface area contributed by atoms with Crippen molar-refractivity contribution in [2.75, 3.05) is 0 Å². The van der Waals surface area contributed by atoms with E-state index in [1.54, 1.807) is 20.8 Å². The second-order valence-electron chi connectivity index (χ2n) is 6.90. The Hall–Kier alpha value is -1.60. The molecular weight excluding hydrogens is 318 g/mol. The number of rotatable bonds is 3. The maximum absolute atomic E-state index is 12.0. The summed E-state index contributed by atoms with van der Waals surface area (Å²) in [5.41, 5.74) is 1.16. The molecule has 0 bridgehead atoms. The number of ether oxygens (including phenoxy) is 1. The summed E-state index contributed by atoms with van der Waals surface area (Å²) >= 11 is 0. The summed E-state index contributed by atoms with van der Waals surface area (Å²) in [5, 5.41) is 1.73. The van der Waals surface area contributed by atoms with Crippen molar-refractivity contribution >= 4 is 16.2 Å². The van der Waals surface area contributed by atoms with E-state index in [0.717, 1.165) is 11.1 Å². The molecule has 23 heavy (non-hydrogen) atoms. The number of carbonyl (C=O) groups is 1. The Bertz CT molecular complexity index is 693. The van der Waals surface area contributed by atoms with Gasteiger partial charge in [0, 0.05) is 12.0 Å². The first-order valence-corrected chi connectivity index (χ1v) is 9.03. The number of carbonyl (C=O) groups excluding carboxylic acids is 1. The molecule has 0 aliphatic heterocycles. The molecule has 0 spiro atoms. The molecular formula is C16H23NO5S. The van der Waals surface area contributed by atoms with Crippen molar-refractivity contribution in [1.29, 1.82) is 0 Å². The largest absolute Gasteiger partial charge is 0.444 e. The van der Waals surface area contributed by atoms with Gasteiger partial charge in [-0.15, -0.1) is 0 Å². The van der Waals surface area contributed by atoms with Crippen LogP contribution in [0.4, 0.5) is 4.79 Å². The summed E-state index contributed by atoms with van der Waals surface area (Å²) in [5.74, 6) is -0.520. The normalized spacial score (nSPS) is 22.3. The van der Waals surface area contributed by atoms with Crippen molar-refractivity contribution < 1.29 is 22.5 Å². The third kappa shape index (κ3) is 4.23. The number of nitrogens with one attached hydrogen (secondary N) is 1. The van der Waals surface area contributed by atoms with Crippen LogP contribution < -0.4 is 5.32 Å². The van der Waals surface area contributed by atoms with Crippen LogP contribution in [0.15, 0.2) is 24.3 Å². The number of hydrogen-bond donors (Lipinski definition) is 2. The van der Waals surface area contributed by atoms with Gasteiger partial charge in [-0.05, 0) is 45.2 Å². The summed E-state index contributed by atoms with van der Waals surface area (Å²) in [7, 11) is -4.22. The minimum absolute atomic E-state index is 0.445. The van der Waals surface area contributed by atoms with Gasteiger partial charge >= 0.3 is 6.09 Å². The molecule has 128 valence electrons. The lowest BCUT2D eigenvalue weighted by Crippen LogP contribution is -2.44. The number of alkyl carbamates (subject to hydrolysis) is 1. The lowest BCUT2D eigenvalue weighted by molar-refractivity contribution is 0.0499. The third-order valence-electron chi connectivity index (χ3n) is 3.97. The molecule has 7 heteroatoms. The molecule has 2 rings (SSSR count). The molecule has 0 radical (unpaired) electrons. The van der Waals surface area contributed by atoms with E-state index >= 15 is 0 Å². The highest BCUT2D eigenvalue weighted by molar-refractivity contribution is 7.86. The number of amides is 1. The van der Waals surface area contributed by atoms with Crippen LogP contribution in [0.25, 0.3) is 0 Å². The van der Waals surface area contributed by atoms with Gasteiger partial charge in [0.05, 0.1) is 5.25 Å². The van der Waals surface area contributed by atoms with Crippen molar-refractivity contribution in [3.63, 3.8) is 0 Å².